The van der Waals surface area contributed by atoms with Crippen LogP contribution < -0.4 is 5.32 Å². The van der Waals surface area contributed by atoms with Crippen LogP contribution in [-0.4, -0.2) is 28.0 Å². The molecule has 1 aromatic heterocycles. The maximum Gasteiger partial charge on any atom is 0.303 e. The number of aryl methyl sites for hydroxylation is 1. The minimum Gasteiger partial charge on any atom is -0.481 e. The molecule has 0 saturated heterocycles. The Balaban J connectivity index is 2.00. The molecule has 1 atom stereocenters. The minimum atomic E-state index is -0.883. The smallest absolute Gasteiger partial charge is 0.303 e. The SMILES string of the molecule is Cc1nc(Cc2ccc(F)cc2)sc1C(=O)NC(C)CCC(=O)O. The number of hydrogen-bond acceptors (Lipinski definition) is 4. The number of aromatic nitrogens is 1. The van der Waals surface area contributed by atoms with Crippen LogP contribution in [0.3, 0.4) is 0 Å². The van der Waals surface area contributed by atoms with E-state index in [2.05, 4.69) is 10.3 Å². The predicted octanol–water partition coefficient (Wildman–Crippen LogP) is 3.16. The highest BCUT2D eigenvalue weighted by Gasteiger charge is 2.17. The number of nitrogens with one attached hydrogen (secondary N) is 1. The Morgan fingerprint density at radius 3 is 2.62 bits per heavy atom. The van der Waals surface area contributed by atoms with Crippen LogP contribution in [0.4, 0.5) is 4.39 Å². The van der Waals surface area contributed by atoms with Crippen molar-refractivity contribution in [2.75, 3.05) is 0 Å². The first kappa shape index (κ1) is 18.1. The minimum absolute atomic E-state index is 0.0128. The summed E-state index contributed by atoms with van der Waals surface area (Å²) in [6.07, 6.45) is 0.925. The van der Waals surface area contributed by atoms with Crippen LogP contribution in [0.25, 0.3) is 0 Å². The number of carbonyl (C=O) groups is 2. The van der Waals surface area contributed by atoms with E-state index in [9.17, 15) is 14.0 Å². The molecule has 7 heteroatoms. The summed E-state index contributed by atoms with van der Waals surface area (Å²) in [7, 11) is 0. The molecule has 0 aliphatic heterocycles. The topological polar surface area (TPSA) is 79.3 Å². The van der Waals surface area contributed by atoms with Gasteiger partial charge in [-0.25, -0.2) is 9.37 Å². The molecule has 0 aliphatic rings. The van der Waals surface area contributed by atoms with E-state index in [1.165, 1.54) is 23.5 Å². The average molecular weight is 350 g/mol. The molecule has 1 heterocycles. The fraction of sp³-hybridized carbons (Fsp3) is 0.353. The molecule has 0 radical (unpaired) electrons. The van der Waals surface area contributed by atoms with Crippen LogP contribution >= 0.6 is 11.3 Å². The largest absolute Gasteiger partial charge is 0.481 e. The molecule has 0 saturated carbocycles. The van der Waals surface area contributed by atoms with Crippen molar-refractivity contribution < 1.29 is 19.1 Å². The van der Waals surface area contributed by atoms with Crippen LogP contribution in [0.15, 0.2) is 24.3 Å². The summed E-state index contributed by atoms with van der Waals surface area (Å²) in [5.41, 5.74) is 1.56. The highest BCUT2D eigenvalue weighted by molar-refractivity contribution is 7.13. The lowest BCUT2D eigenvalue weighted by atomic mass is 10.1. The summed E-state index contributed by atoms with van der Waals surface area (Å²) in [4.78, 5) is 27.8. The molecular formula is C17H19FN2O3S. The Morgan fingerprint density at radius 2 is 2.00 bits per heavy atom. The predicted molar refractivity (Wildman–Crippen MR) is 89.9 cm³/mol. The maximum absolute atomic E-state index is 12.9. The highest BCUT2D eigenvalue weighted by Crippen LogP contribution is 2.21. The van der Waals surface area contributed by atoms with Gasteiger partial charge in [-0.1, -0.05) is 12.1 Å². The van der Waals surface area contributed by atoms with Crippen molar-refractivity contribution in [2.45, 2.75) is 39.2 Å². The zero-order chi connectivity index (χ0) is 17.7. The highest BCUT2D eigenvalue weighted by atomic mass is 32.1. The third kappa shape index (κ3) is 5.13. The fourth-order valence-corrected chi connectivity index (χ4v) is 3.22. The van der Waals surface area contributed by atoms with E-state index in [4.69, 9.17) is 5.11 Å². The lowest BCUT2D eigenvalue weighted by Gasteiger charge is -2.11. The number of carboxylic acids is 1. The Labute approximate surface area is 143 Å². The number of nitrogens with zero attached hydrogens (tertiary/aromatic N) is 1. The molecule has 0 aliphatic carbocycles. The molecule has 1 amide bonds. The van der Waals surface area contributed by atoms with Gasteiger partial charge in [0.2, 0.25) is 0 Å². The van der Waals surface area contributed by atoms with Gasteiger partial charge in [-0.05, 0) is 38.0 Å². The first-order chi connectivity index (χ1) is 11.3. The van der Waals surface area contributed by atoms with Crippen molar-refractivity contribution in [2.24, 2.45) is 0 Å². The van der Waals surface area contributed by atoms with Crippen molar-refractivity contribution in [3.8, 4) is 0 Å². The normalized spacial score (nSPS) is 12.0. The fourth-order valence-electron chi connectivity index (χ4n) is 2.22. The zero-order valence-corrected chi connectivity index (χ0v) is 14.3. The van der Waals surface area contributed by atoms with E-state index in [0.29, 0.717) is 23.4 Å². The van der Waals surface area contributed by atoms with Crippen LogP contribution in [0.2, 0.25) is 0 Å². The van der Waals surface area contributed by atoms with Crippen LogP contribution in [-0.2, 0) is 11.2 Å². The molecule has 1 unspecified atom stereocenters. The first-order valence-electron chi connectivity index (χ1n) is 7.58. The third-order valence-corrected chi connectivity index (χ3v) is 4.64. The van der Waals surface area contributed by atoms with Gasteiger partial charge in [-0.3, -0.25) is 9.59 Å². The van der Waals surface area contributed by atoms with E-state index in [1.54, 1.807) is 26.0 Å². The molecule has 0 spiro atoms. The Morgan fingerprint density at radius 1 is 1.33 bits per heavy atom. The standard InChI is InChI=1S/C17H19FN2O3S/c1-10(3-8-15(21)22)19-17(23)16-11(2)20-14(24-16)9-12-4-6-13(18)7-5-12/h4-7,10H,3,8-9H2,1-2H3,(H,19,23)(H,21,22). The summed E-state index contributed by atoms with van der Waals surface area (Å²) in [5, 5.41) is 12.2. The van der Waals surface area contributed by atoms with Crippen molar-refractivity contribution in [3.63, 3.8) is 0 Å². The number of halogens is 1. The molecule has 0 fully saturated rings. The quantitative estimate of drug-likeness (QED) is 0.804. The van der Waals surface area contributed by atoms with Gasteiger partial charge in [-0.15, -0.1) is 11.3 Å². The zero-order valence-electron chi connectivity index (χ0n) is 13.5. The number of thiazole rings is 1. The number of aliphatic carboxylic acids is 1. The summed E-state index contributed by atoms with van der Waals surface area (Å²) in [5.74, 6) is -1.41. The number of benzene rings is 1. The van der Waals surface area contributed by atoms with Crippen molar-refractivity contribution in [3.05, 3.63) is 51.2 Å². The van der Waals surface area contributed by atoms with Gasteiger partial charge in [-0.2, -0.15) is 0 Å². The van der Waals surface area contributed by atoms with Crippen molar-refractivity contribution in [1.82, 2.24) is 10.3 Å². The molecule has 24 heavy (non-hydrogen) atoms. The maximum atomic E-state index is 12.9. The second-order valence-corrected chi connectivity index (χ2v) is 6.72. The summed E-state index contributed by atoms with van der Waals surface area (Å²) in [6.45, 7) is 3.54. The lowest BCUT2D eigenvalue weighted by Crippen LogP contribution is -2.32. The van der Waals surface area contributed by atoms with Gasteiger partial charge in [0.1, 0.15) is 10.7 Å². The number of carbonyl (C=O) groups excluding carboxylic acids is 1. The molecule has 1 aromatic carbocycles. The molecule has 2 aromatic rings. The second kappa shape index (κ2) is 8.01. The lowest BCUT2D eigenvalue weighted by molar-refractivity contribution is -0.137. The summed E-state index contributed by atoms with van der Waals surface area (Å²) in [6, 6.07) is 5.95. The molecule has 128 valence electrons. The molecule has 2 N–H and O–H groups in total. The number of rotatable bonds is 7. The molecular weight excluding hydrogens is 331 g/mol. The van der Waals surface area contributed by atoms with Gasteiger partial charge in [0.15, 0.2) is 0 Å². The third-order valence-electron chi connectivity index (χ3n) is 3.48. The Kier molecular flexibility index (Phi) is 6.03. The average Bonchev–Trinajstić information content (AvgIpc) is 2.88. The van der Waals surface area contributed by atoms with Gasteiger partial charge >= 0.3 is 5.97 Å². The molecule has 0 bridgehead atoms. The van der Waals surface area contributed by atoms with Gasteiger partial charge in [0.25, 0.3) is 5.91 Å². The van der Waals surface area contributed by atoms with E-state index < -0.39 is 5.97 Å². The number of hydrogen-bond donors (Lipinski definition) is 2. The van der Waals surface area contributed by atoms with Crippen LogP contribution in [0, 0.1) is 12.7 Å². The van der Waals surface area contributed by atoms with E-state index in [1.807, 2.05) is 0 Å². The second-order valence-electron chi connectivity index (χ2n) is 5.63. The number of amides is 1. The van der Waals surface area contributed by atoms with Gasteiger partial charge < -0.3 is 10.4 Å². The van der Waals surface area contributed by atoms with Crippen molar-refractivity contribution in [1.29, 1.82) is 0 Å². The Bertz CT molecular complexity index is 728. The van der Waals surface area contributed by atoms with E-state index >= 15 is 0 Å². The van der Waals surface area contributed by atoms with E-state index in [0.717, 1.165) is 10.6 Å². The first-order valence-corrected chi connectivity index (χ1v) is 8.40. The van der Waals surface area contributed by atoms with Crippen LogP contribution in [0.5, 0.6) is 0 Å². The monoisotopic (exact) mass is 350 g/mol. The Hall–Kier alpha value is -2.28. The summed E-state index contributed by atoms with van der Waals surface area (Å²) < 4.78 is 12.9. The van der Waals surface area contributed by atoms with Crippen LogP contribution in [0.1, 0.15) is 45.7 Å². The summed E-state index contributed by atoms with van der Waals surface area (Å²) >= 11 is 1.30. The molecule has 5 nitrogen and oxygen atoms in total. The molecule has 2 rings (SSSR count). The van der Waals surface area contributed by atoms with E-state index in [-0.39, 0.29) is 24.2 Å². The van der Waals surface area contributed by atoms with Gasteiger partial charge in [0.05, 0.1) is 10.7 Å². The number of carboxylic acid groups (broad SMARTS) is 1. The van der Waals surface area contributed by atoms with Crippen molar-refractivity contribution >= 4 is 23.2 Å². The van der Waals surface area contributed by atoms with Gasteiger partial charge in [0, 0.05) is 18.9 Å².